The Morgan fingerprint density at radius 3 is 2.83 bits per heavy atom. The molecule has 0 atom stereocenters. The summed E-state index contributed by atoms with van der Waals surface area (Å²) in [5.41, 5.74) is 1.72. The Kier molecular flexibility index (Phi) is 8.32. The number of aromatic nitrogens is 1. The van der Waals surface area contributed by atoms with Crippen molar-refractivity contribution in [3.05, 3.63) is 52.6 Å². The molecule has 1 aromatic heterocycles. The summed E-state index contributed by atoms with van der Waals surface area (Å²) in [5.74, 6) is 0.408. The van der Waals surface area contributed by atoms with Crippen LogP contribution >= 0.6 is 35.6 Å². The van der Waals surface area contributed by atoms with Crippen molar-refractivity contribution >= 4 is 41.5 Å². The van der Waals surface area contributed by atoms with Crippen molar-refractivity contribution in [1.82, 2.24) is 15.4 Å². The predicted molar refractivity (Wildman–Crippen MR) is 99.9 cm³/mol. The van der Waals surface area contributed by atoms with Crippen molar-refractivity contribution in [2.45, 2.75) is 13.0 Å². The molecule has 0 unspecified atom stereocenters. The number of benzene rings is 1. The third-order valence-corrected chi connectivity index (χ3v) is 3.51. The van der Waals surface area contributed by atoms with Gasteiger partial charge in [-0.2, -0.15) is 0 Å². The number of aliphatic imine (C=N–C) groups is 1. The van der Waals surface area contributed by atoms with E-state index in [0.29, 0.717) is 24.5 Å². The van der Waals surface area contributed by atoms with Crippen molar-refractivity contribution in [1.29, 1.82) is 0 Å². The van der Waals surface area contributed by atoms with Crippen molar-refractivity contribution < 1.29 is 8.91 Å². The minimum atomic E-state index is -0.329. The molecule has 0 radical (unpaired) electrons. The Labute approximate surface area is 156 Å². The first-order chi connectivity index (χ1) is 10.6. The maximum Gasteiger partial charge on any atom is 0.193 e. The molecule has 0 aliphatic carbocycles. The maximum atomic E-state index is 13.0. The summed E-state index contributed by atoms with van der Waals surface area (Å²) in [7, 11) is 3.63. The highest BCUT2D eigenvalue weighted by molar-refractivity contribution is 14.0. The summed E-state index contributed by atoms with van der Waals surface area (Å²) in [6.45, 7) is 1.23. The topological polar surface area (TPSA) is 53.7 Å². The van der Waals surface area contributed by atoms with Crippen LogP contribution in [0.1, 0.15) is 11.3 Å². The Hall–Kier alpha value is -1.35. The Morgan fingerprint density at radius 1 is 1.43 bits per heavy atom. The van der Waals surface area contributed by atoms with E-state index in [4.69, 9.17) is 16.1 Å². The zero-order valence-electron chi connectivity index (χ0n) is 12.9. The smallest absolute Gasteiger partial charge is 0.193 e. The lowest BCUT2D eigenvalue weighted by molar-refractivity contribution is 0.391. The van der Waals surface area contributed by atoms with Crippen LogP contribution in [0.25, 0.3) is 0 Å². The van der Waals surface area contributed by atoms with Crippen LogP contribution in [0.3, 0.4) is 0 Å². The first-order valence-corrected chi connectivity index (χ1v) is 7.23. The van der Waals surface area contributed by atoms with Gasteiger partial charge in [-0.25, -0.2) is 4.39 Å². The SMILES string of the molecule is CN=C(NCCc1ccc(F)cc1Cl)N(C)Cc1ccon1.I. The Morgan fingerprint density at radius 2 is 2.22 bits per heavy atom. The summed E-state index contributed by atoms with van der Waals surface area (Å²) < 4.78 is 17.8. The summed E-state index contributed by atoms with van der Waals surface area (Å²) in [6.07, 6.45) is 2.21. The van der Waals surface area contributed by atoms with Crippen LogP contribution in [0.4, 0.5) is 4.39 Å². The van der Waals surface area contributed by atoms with Gasteiger partial charge in [0.15, 0.2) is 5.96 Å². The van der Waals surface area contributed by atoms with E-state index in [-0.39, 0.29) is 29.8 Å². The summed E-state index contributed by atoms with van der Waals surface area (Å²) in [5, 5.41) is 7.54. The van der Waals surface area contributed by atoms with E-state index in [9.17, 15) is 4.39 Å². The molecule has 5 nitrogen and oxygen atoms in total. The minimum absolute atomic E-state index is 0. The van der Waals surface area contributed by atoms with Gasteiger partial charge < -0.3 is 14.7 Å². The second-order valence-corrected chi connectivity index (χ2v) is 5.21. The summed E-state index contributed by atoms with van der Waals surface area (Å²) >= 11 is 6.01. The second-order valence-electron chi connectivity index (χ2n) is 4.81. The lowest BCUT2D eigenvalue weighted by Gasteiger charge is -2.21. The van der Waals surface area contributed by atoms with Crippen molar-refractivity contribution in [2.75, 3.05) is 20.6 Å². The first-order valence-electron chi connectivity index (χ1n) is 6.85. The van der Waals surface area contributed by atoms with E-state index in [2.05, 4.69) is 15.5 Å². The number of nitrogens with zero attached hydrogens (tertiary/aromatic N) is 3. The van der Waals surface area contributed by atoms with Crippen molar-refractivity contribution in [3.63, 3.8) is 0 Å². The van der Waals surface area contributed by atoms with Gasteiger partial charge in [-0.05, 0) is 24.1 Å². The molecule has 126 valence electrons. The molecule has 1 N–H and O–H groups in total. The van der Waals surface area contributed by atoms with E-state index in [1.807, 2.05) is 18.0 Å². The second kappa shape index (κ2) is 9.71. The van der Waals surface area contributed by atoms with E-state index < -0.39 is 0 Å². The molecule has 0 spiro atoms. The zero-order valence-corrected chi connectivity index (χ0v) is 16.0. The average molecular weight is 453 g/mol. The van der Waals surface area contributed by atoms with E-state index in [1.54, 1.807) is 13.1 Å². The van der Waals surface area contributed by atoms with E-state index in [0.717, 1.165) is 17.2 Å². The molecule has 23 heavy (non-hydrogen) atoms. The van der Waals surface area contributed by atoms with Crippen LogP contribution in [-0.4, -0.2) is 36.7 Å². The molecule has 1 heterocycles. The summed E-state index contributed by atoms with van der Waals surface area (Å²) in [6, 6.07) is 6.23. The number of halogens is 3. The Bertz CT molecular complexity index is 636. The van der Waals surface area contributed by atoms with Crippen LogP contribution in [-0.2, 0) is 13.0 Å². The number of guanidine groups is 1. The number of hydrogen-bond acceptors (Lipinski definition) is 3. The molecular formula is C15H19ClFIN4O. The molecule has 8 heteroatoms. The molecule has 0 bridgehead atoms. The summed E-state index contributed by atoms with van der Waals surface area (Å²) in [4.78, 5) is 6.15. The minimum Gasteiger partial charge on any atom is -0.364 e. The van der Waals surface area contributed by atoms with Gasteiger partial charge in [-0.15, -0.1) is 24.0 Å². The lowest BCUT2D eigenvalue weighted by Crippen LogP contribution is -2.39. The van der Waals surface area contributed by atoms with Crippen LogP contribution in [0.15, 0.2) is 40.0 Å². The lowest BCUT2D eigenvalue weighted by atomic mass is 10.1. The van der Waals surface area contributed by atoms with Crippen LogP contribution in [0.2, 0.25) is 5.02 Å². The molecule has 0 aliphatic rings. The number of hydrogen-bond donors (Lipinski definition) is 1. The van der Waals surface area contributed by atoms with Crippen LogP contribution < -0.4 is 5.32 Å². The van der Waals surface area contributed by atoms with Gasteiger partial charge in [0.1, 0.15) is 17.8 Å². The van der Waals surface area contributed by atoms with Crippen molar-refractivity contribution in [3.8, 4) is 0 Å². The molecule has 0 fully saturated rings. The highest BCUT2D eigenvalue weighted by atomic mass is 127. The zero-order chi connectivity index (χ0) is 15.9. The quantitative estimate of drug-likeness (QED) is 0.430. The van der Waals surface area contributed by atoms with Gasteiger partial charge in [0.05, 0.1) is 6.54 Å². The van der Waals surface area contributed by atoms with E-state index >= 15 is 0 Å². The van der Waals surface area contributed by atoms with Gasteiger partial charge in [0, 0.05) is 31.7 Å². The van der Waals surface area contributed by atoms with Gasteiger partial charge in [-0.3, -0.25) is 4.99 Å². The molecule has 0 saturated heterocycles. The molecule has 0 amide bonds. The molecule has 2 aromatic rings. The van der Waals surface area contributed by atoms with Gasteiger partial charge in [0.2, 0.25) is 0 Å². The largest absolute Gasteiger partial charge is 0.364 e. The first kappa shape index (κ1) is 19.7. The number of rotatable bonds is 5. The molecule has 0 saturated carbocycles. The average Bonchev–Trinajstić information content (AvgIpc) is 2.98. The fraction of sp³-hybridized carbons (Fsp3) is 0.333. The molecule has 2 rings (SSSR count). The van der Waals surface area contributed by atoms with Crippen LogP contribution in [0, 0.1) is 5.82 Å². The maximum absolute atomic E-state index is 13.0. The normalized spacial score (nSPS) is 11.0. The van der Waals surface area contributed by atoms with Crippen LogP contribution in [0.5, 0.6) is 0 Å². The standard InChI is InChI=1S/C15H18ClFN4O.HI/c1-18-15(21(2)10-13-6-8-22-20-13)19-7-5-11-3-4-12(17)9-14(11)16;/h3-4,6,8-9H,5,7,10H2,1-2H3,(H,18,19);1H. The highest BCUT2D eigenvalue weighted by Crippen LogP contribution is 2.17. The van der Waals surface area contributed by atoms with Gasteiger partial charge >= 0.3 is 0 Å². The third-order valence-electron chi connectivity index (χ3n) is 3.16. The van der Waals surface area contributed by atoms with Gasteiger partial charge in [-0.1, -0.05) is 22.8 Å². The fourth-order valence-corrected chi connectivity index (χ4v) is 2.32. The van der Waals surface area contributed by atoms with Crippen molar-refractivity contribution in [2.24, 2.45) is 4.99 Å². The van der Waals surface area contributed by atoms with E-state index in [1.165, 1.54) is 18.4 Å². The highest BCUT2D eigenvalue weighted by Gasteiger charge is 2.08. The monoisotopic (exact) mass is 452 g/mol. The molecule has 0 aliphatic heterocycles. The Balaban J connectivity index is 0.00000264. The third kappa shape index (κ3) is 5.98. The fourth-order valence-electron chi connectivity index (χ4n) is 2.06. The number of nitrogens with one attached hydrogen (secondary N) is 1. The predicted octanol–water partition coefficient (Wildman–Crippen LogP) is 3.34. The molecule has 1 aromatic carbocycles. The molecular weight excluding hydrogens is 434 g/mol. The van der Waals surface area contributed by atoms with Gasteiger partial charge in [0.25, 0.3) is 0 Å².